The number of benzene rings is 1. The monoisotopic (exact) mass is 679 g/mol. The molecule has 14 heteroatoms. The van der Waals surface area contributed by atoms with Crippen LogP contribution >= 0.6 is 11.6 Å². The summed E-state index contributed by atoms with van der Waals surface area (Å²) in [6.07, 6.45) is 3.30. The molecule has 5 rings (SSSR count). The minimum absolute atomic E-state index is 0.0431. The number of amides is 1. The lowest BCUT2D eigenvalue weighted by Crippen LogP contribution is -2.66. The third-order valence-electron chi connectivity index (χ3n) is 10.2. The zero-order valence-corrected chi connectivity index (χ0v) is 27.4. The zero-order valence-electron chi connectivity index (χ0n) is 26.6. The van der Waals surface area contributed by atoms with Crippen LogP contribution in [0.4, 0.5) is 10.3 Å². The number of anilines is 1. The fourth-order valence-corrected chi connectivity index (χ4v) is 7.09. The van der Waals surface area contributed by atoms with Gasteiger partial charge in [0.15, 0.2) is 0 Å². The summed E-state index contributed by atoms with van der Waals surface area (Å²) in [6.45, 7) is 3.36. The number of β-amino-alcohol motifs (C(OH)–C–C–N with tert-alkyl or cyclic N) is 1. The molecule has 4 atom stereocenters. The van der Waals surface area contributed by atoms with Crippen molar-refractivity contribution in [3.8, 4) is 5.75 Å². The highest BCUT2D eigenvalue weighted by molar-refractivity contribution is 6.30. The Kier molecular flexibility index (Phi) is 12.3. The summed E-state index contributed by atoms with van der Waals surface area (Å²) in [5.41, 5.74) is 0.108. The van der Waals surface area contributed by atoms with E-state index in [4.69, 9.17) is 21.4 Å². The summed E-state index contributed by atoms with van der Waals surface area (Å²) in [5, 5.41) is 49.6. The lowest BCUT2D eigenvalue weighted by molar-refractivity contribution is -0.146. The summed E-state index contributed by atoms with van der Waals surface area (Å²) in [4.78, 5) is 27.6. The number of aliphatic hydroxyl groups excluding tert-OH is 5. The molecule has 260 valence electrons. The van der Waals surface area contributed by atoms with Gasteiger partial charge in [-0.2, -0.15) is 0 Å². The van der Waals surface area contributed by atoms with E-state index < -0.39 is 36.8 Å². The van der Waals surface area contributed by atoms with Crippen LogP contribution < -0.4 is 9.64 Å². The van der Waals surface area contributed by atoms with E-state index in [1.54, 1.807) is 29.4 Å². The molecule has 2 aromatic rings. The van der Waals surface area contributed by atoms with E-state index >= 15 is 0 Å². The van der Waals surface area contributed by atoms with Gasteiger partial charge in [-0.1, -0.05) is 17.7 Å². The number of ether oxygens (including phenoxy) is 1. The molecule has 3 aliphatic heterocycles. The van der Waals surface area contributed by atoms with Crippen LogP contribution in [0.25, 0.3) is 0 Å². The third kappa shape index (κ3) is 8.88. The van der Waals surface area contributed by atoms with Gasteiger partial charge in [-0.05, 0) is 62.5 Å². The fraction of sp³-hybridized carbons (Fsp3) is 0.667. The number of hydrogen-bond acceptors (Lipinski definition) is 11. The van der Waals surface area contributed by atoms with Crippen molar-refractivity contribution in [3.63, 3.8) is 0 Å². The van der Waals surface area contributed by atoms with Crippen molar-refractivity contribution in [1.82, 2.24) is 19.8 Å². The van der Waals surface area contributed by atoms with Crippen LogP contribution in [0.2, 0.25) is 5.02 Å². The van der Waals surface area contributed by atoms with Gasteiger partial charge in [-0.3, -0.25) is 9.69 Å². The molecule has 1 aromatic heterocycles. The number of piperidine rings is 2. The molecule has 1 amide bonds. The molecule has 0 radical (unpaired) electrons. The average Bonchev–Trinajstić information content (AvgIpc) is 3.09. The molecule has 4 unspecified atom stereocenters. The molecule has 4 heterocycles. The molecular weight excluding hydrogens is 633 g/mol. The van der Waals surface area contributed by atoms with Crippen molar-refractivity contribution in [1.29, 1.82) is 0 Å². The molecule has 47 heavy (non-hydrogen) atoms. The smallest absolute Gasteiger partial charge is 0.227 e. The Bertz CT molecular complexity index is 1310. The van der Waals surface area contributed by atoms with E-state index in [9.17, 15) is 29.6 Å². The molecule has 3 aliphatic rings. The van der Waals surface area contributed by atoms with E-state index in [2.05, 4.69) is 14.9 Å². The molecule has 0 aliphatic carbocycles. The standard InChI is InChI=1S/C33H47ClFN5O7/c34-24-18-36-32(37-19-24)39-10-5-22(6-11-39)2-1-15-47-25-4-3-23(26(35)17-25)16-29(44)38-12-7-33(8-13-38)9-14-40(33)20-27(42)30(45)31(46)28(43)21-41/h3-4,17-19,22,27-28,30-31,41-43,45-46H,1-2,5-16,20-21H2. The SMILES string of the molecule is O=C(Cc1ccc(OCCCC2CCN(c3ncc(Cl)cn3)CC2)cc1F)N1CCC2(CC1)CCN2CC(O)C(O)C(O)C(O)CO. The van der Waals surface area contributed by atoms with E-state index in [1.165, 1.54) is 6.07 Å². The van der Waals surface area contributed by atoms with E-state index in [-0.39, 0.29) is 24.4 Å². The molecule has 1 spiro atoms. The highest BCUT2D eigenvalue weighted by atomic mass is 35.5. The molecule has 5 N–H and O–H groups in total. The quantitative estimate of drug-likeness (QED) is 0.184. The van der Waals surface area contributed by atoms with Gasteiger partial charge in [0.05, 0.1) is 43.2 Å². The lowest BCUT2D eigenvalue weighted by atomic mass is 9.76. The summed E-state index contributed by atoms with van der Waals surface area (Å²) >= 11 is 5.89. The van der Waals surface area contributed by atoms with Gasteiger partial charge in [0.2, 0.25) is 11.9 Å². The van der Waals surface area contributed by atoms with Crippen molar-refractivity contribution in [2.45, 2.75) is 81.3 Å². The maximum Gasteiger partial charge on any atom is 0.227 e. The highest BCUT2D eigenvalue weighted by Gasteiger charge is 2.48. The Balaban J connectivity index is 0.999. The highest BCUT2D eigenvalue weighted by Crippen LogP contribution is 2.40. The number of nitrogens with zero attached hydrogens (tertiary/aromatic N) is 5. The van der Waals surface area contributed by atoms with Crippen LogP contribution in [0.1, 0.15) is 50.5 Å². The number of likely N-dealkylation sites (tertiary alicyclic amines) is 2. The minimum atomic E-state index is -1.66. The molecule has 3 saturated heterocycles. The van der Waals surface area contributed by atoms with Crippen molar-refractivity contribution >= 4 is 23.5 Å². The van der Waals surface area contributed by atoms with Crippen molar-refractivity contribution in [2.24, 2.45) is 5.92 Å². The molecule has 0 saturated carbocycles. The number of halogens is 2. The van der Waals surface area contributed by atoms with E-state index in [1.807, 2.05) is 4.90 Å². The first-order valence-corrected chi connectivity index (χ1v) is 17.0. The number of rotatable bonds is 14. The first-order valence-electron chi connectivity index (χ1n) is 16.6. The van der Waals surface area contributed by atoms with Gasteiger partial charge in [0, 0.05) is 50.9 Å². The number of aliphatic hydroxyl groups is 5. The first kappa shape index (κ1) is 35.7. The van der Waals surface area contributed by atoms with E-state index in [0.717, 1.165) is 45.2 Å². The molecular formula is C33H47ClFN5O7. The Morgan fingerprint density at radius 2 is 1.66 bits per heavy atom. The number of carbonyl (C=O) groups is 1. The zero-order chi connectivity index (χ0) is 33.6. The van der Waals surface area contributed by atoms with Crippen LogP contribution in [-0.4, -0.2) is 134 Å². The van der Waals surface area contributed by atoms with Crippen LogP contribution in [0, 0.1) is 11.7 Å². The maximum atomic E-state index is 15.0. The summed E-state index contributed by atoms with van der Waals surface area (Å²) in [5.74, 6) is 1.13. The number of carbonyl (C=O) groups excluding carboxylic acids is 1. The Morgan fingerprint density at radius 3 is 2.28 bits per heavy atom. The Hall–Kier alpha value is -2.65. The topological polar surface area (TPSA) is 163 Å². The van der Waals surface area contributed by atoms with Crippen molar-refractivity contribution in [2.75, 3.05) is 57.4 Å². The number of aromatic nitrogens is 2. The molecule has 0 bridgehead atoms. The maximum absolute atomic E-state index is 15.0. The fourth-order valence-electron chi connectivity index (χ4n) is 7.00. The number of hydrogen-bond donors (Lipinski definition) is 5. The predicted molar refractivity (Wildman–Crippen MR) is 173 cm³/mol. The van der Waals surface area contributed by atoms with Crippen LogP contribution in [0.3, 0.4) is 0 Å². The largest absolute Gasteiger partial charge is 0.493 e. The third-order valence-corrected chi connectivity index (χ3v) is 10.4. The molecule has 12 nitrogen and oxygen atoms in total. The van der Waals surface area contributed by atoms with Gasteiger partial charge in [-0.25, -0.2) is 14.4 Å². The first-order chi connectivity index (χ1) is 22.6. The van der Waals surface area contributed by atoms with Gasteiger partial charge < -0.3 is 40.1 Å². The summed E-state index contributed by atoms with van der Waals surface area (Å²) in [7, 11) is 0. The minimum Gasteiger partial charge on any atom is -0.493 e. The average molecular weight is 680 g/mol. The van der Waals surface area contributed by atoms with Crippen molar-refractivity contribution in [3.05, 3.63) is 47.0 Å². The Labute approximate surface area is 279 Å². The lowest BCUT2D eigenvalue weighted by Gasteiger charge is -2.57. The second-order valence-electron chi connectivity index (χ2n) is 13.2. The van der Waals surface area contributed by atoms with Crippen molar-refractivity contribution < 1.29 is 39.5 Å². The summed E-state index contributed by atoms with van der Waals surface area (Å²) in [6, 6.07) is 4.68. The van der Waals surface area contributed by atoms with Crippen LogP contribution in [0.15, 0.2) is 30.6 Å². The predicted octanol–water partition coefficient (Wildman–Crippen LogP) is 1.39. The second kappa shape index (κ2) is 16.2. The summed E-state index contributed by atoms with van der Waals surface area (Å²) < 4.78 is 20.8. The van der Waals surface area contributed by atoms with Gasteiger partial charge >= 0.3 is 0 Å². The van der Waals surface area contributed by atoms with Crippen LogP contribution in [-0.2, 0) is 11.2 Å². The normalized spacial score (nSPS) is 21.3. The van der Waals surface area contributed by atoms with Gasteiger partial charge in [-0.15, -0.1) is 0 Å². The second-order valence-corrected chi connectivity index (χ2v) is 13.6. The van der Waals surface area contributed by atoms with Gasteiger partial charge in [0.25, 0.3) is 0 Å². The molecule has 1 aromatic carbocycles. The molecule has 3 fully saturated rings. The van der Waals surface area contributed by atoms with Gasteiger partial charge in [0.1, 0.15) is 29.9 Å². The van der Waals surface area contributed by atoms with Crippen LogP contribution in [0.5, 0.6) is 5.75 Å². The Morgan fingerprint density at radius 1 is 1.00 bits per heavy atom. The van der Waals surface area contributed by atoms with E-state index in [0.29, 0.717) is 67.3 Å².